The van der Waals surface area contributed by atoms with Gasteiger partial charge in [0.2, 0.25) is 5.91 Å². The fraction of sp³-hybridized carbons (Fsp3) is 0.556. The molecule has 5 heteroatoms. The second-order valence-corrected chi connectivity index (χ2v) is 2.93. The minimum atomic E-state index is 0.0342. The van der Waals surface area contributed by atoms with Gasteiger partial charge in [0.15, 0.2) is 0 Å². The van der Waals surface area contributed by atoms with Crippen LogP contribution in [0.25, 0.3) is 0 Å². The van der Waals surface area contributed by atoms with Crippen LogP contribution in [0.1, 0.15) is 6.92 Å². The van der Waals surface area contributed by atoms with Gasteiger partial charge >= 0.3 is 0 Å². The lowest BCUT2D eigenvalue weighted by molar-refractivity contribution is -0.120. The summed E-state index contributed by atoms with van der Waals surface area (Å²) in [5, 5.41) is 5.77. The second kappa shape index (κ2) is 6.15. The number of likely N-dealkylation sites (N-methyl/N-ethyl adjacent to an activating group) is 1. The number of aromatic nitrogens is 2. The highest BCUT2D eigenvalue weighted by Gasteiger charge is 1.97. The molecular formula is C9H16N4O. The van der Waals surface area contributed by atoms with Crippen molar-refractivity contribution >= 4 is 5.91 Å². The normalized spacial score (nSPS) is 10.1. The Morgan fingerprint density at radius 3 is 3.07 bits per heavy atom. The first kappa shape index (κ1) is 10.7. The maximum absolute atomic E-state index is 11.1. The molecule has 2 N–H and O–H groups in total. The van der Waals surface area contributed by atoms with Gasteiger partial charge in [0, 0.05) is 25.5 Å². The Balaban J connectivity index is 2.06. The summed E-state index contributed by atoms with van der Waals surface area (Å²) in [5.74, 6) is 0.0342. The molecule has 0 saturated carbocycles. The first-order valence-corrected chi connectivity index (χ1v) is 4.76. The van der Waals surface area contributed by atoms with Gasteiger partial charge in [0.25, 0.3) is 0 Å². The van der Waals surface area contributed by atoms with E-state index in [1.165, 1.54) is 0 Å². The minimum Gasteiger partial charge on any atom is -0.353 e. The fourth-order valence-electron chi connectivity index (χ4n) is 1.04. The molecule has 0 radical (unpaired) electrons. The molecule has 0 saturated heterocycles. The number of imidazole rings is 1. The highest BCUT2D eigenvalue weighted by Crippen LogP contribution is 1.83. The zero-order valence-electron chi connectivity index (χ0n) is 8.36. The van der Waals surface area contributed by atoms with Crippen molar-refractivity contribution in [1.82, 2.24) is 20.2 Å². The van der Waals surface area contributed by atoms with E-state index < -0.39 is 0 Å². The largest absolute Gasteiger partial charge is 0.353 e. The van der Waals surface area contributed by atoms with Crippen molar-refractivity contribution in [3.05, 3.63) is 18.7 Å². The van der Waals surface area contributed by atoms with E-state index in [0.29, 0.717) is 13.1 Å². The molecule has 0 bridgehead atoms. The Morgan fingerprint density at radius 1 is 1.57 bits per heavy atom. The third kappa shape index (κ3) is 4.04. The number of carbonyl (C=O) groups is 1. The average Bonchev–Trinajstić information content (AvgIpc) is 2.67. The van der Waals surface area contributed by atoms with E-state index in [1.54, 1.807) is 12.5 Å². The zero-order valence-corrected chi connectivity index (χ0v) is 8.36. The van der Waals surface area contributed by atoms with Crippen molar-refractivity contribution in [3.8, 4) is 0 Å². The SMILES string of the molecule is CCNCC(=O)NCCn1ccnc1. The zero-order chi connectivity index (χ0) is 10.2. The van der Waals surface area contributed by atoms with Crippen LogP contribution in [0.4, 0.5) is 0 Å². The van der Waals surface area contributed by atoms with Gasteiger partial charge in [-0.25, -0.2) is 4.98 Å². The smallest absolute Gasteiger partial charge is 0.234 e. The van der Waals surface area contributed by atoms with Crippen molar-refractivity contribution in [2.75, 3.05) is 19.6 Å². The van der Waals surface area contributed by atoms with Gasteiger partial charge in [-0.1, -0.05) is 6.92 Å². The number of nitrogens with one attached hydrogen (secondary N) is 2. The van der Waals surface area contributed by atoms with Gasteiger partial charge in [-0.05, 0) is 6.54 Å². The monoisotopic (exact) mass is 196 g/mol. The molecule has 1 aromatic heterocycles. The Kier molecular flexibility index (Phi) is 4.71. The summed E-state index contributed by atoms with van der Waals surface area (Å²) in [6, 6.07) is 0. The summed E-state index contributed by atoms with van der Waals surface area (Å²) >= 11 is 0. The van der Waals surface area contributed by atoms with Crippen LogP contribution in [0.15, 0.2) is 18.7 Å². The molecule has 0 aromatic carbocycles. The van der Waals surface area contributed by atoms with Gasteiger partial charge < -0.3 is 15.2 Å². The number of carbonyl (C=O) groups excluding carboxylic acids is 1. The maximum atomic E-state index is 11.1. The quantitative estimate of drug-likeness (QED) is 0.651. The van der Waals surface area contributed by atoms with Gasteiger partial charge in [0.05, 0.1) is 12.9 Å². The van der Waals surface area contributed by atoms with E-state index in [9.17, 15) is 4.79 Å². The standard InChI is InChI=1S/C9H16N4O/c1-2-10-7-9(14)12-4-6-13-5-3-11-8-13/h3,5,8,10H,2,4,6-7H2,1H3,(H,12,14). The number of hydrogen-bond acceptors (Lipinski definition) is 3. The molecule has 0 aliphatic heterocycles. The lowest BCUT2D eigenvalue weighted by Gasteiger charge is -2.05. The molecule has 14 heavy (non-hydrogen) atoms. The van der Waals surface area contributed by atoms with Gasteiger partial charge in [-0.3, -0.25) is 4.79 Å². The first-order valence-electron chi connectivity index (χ1n) is 4.76. The Hall–Kier alpha value is -1.36. The third-order valence-corrected chi connectivity index (χ3v) is 1.79. The molecule has 0 spiro atoms. The summed E-state index contributed by atoms with van der Waals surface area (Å²) in [7, 11) is 0. The Bertz CT molecular complexity index is 258. The summed E-state index contributed by atoms with van der Waals surface area (Å²) in [5.41, 5.74) is 0. The Labute approximate surface area is 83.5 Å². The van der Waals surface area contributed by atoms with E-state index in [0.717, 1.165) is 13.1 Å². The molecule has 5 nitrogen and oxygen atoms in total. The van der Waals surface area contributed by atoms with Crippen molar-refractivity contribution in [2.24, 2.45) is 0 Å². The van der Waals surface area contributed by atoms with Crippen LogP contribution in [0.5, 0.6) is 0 Å². The van der Waals surface area contributed by atoms with Crippen LogP contribution in [-0.2, 0) is 11.3 Å². The van der Waals surface area contributed by atoms with Crippen LogP contribution in [-0.4, -0.2) is 35.1 Å². The summed E-state index contributed by atoms with van der Waals surface area (Å²) in [6.07, 6.45) is 5.33. The fourth-order valence-corrected chi connectivity index (χ4v) is 1.04. The Morgan fingerprint density at radius 2 is 2.43 bits per heavy atom. The van der Waals surface area contributed by atoms with E-state index >= 15 is 0 Å². The van der Waals surface area contributed by atoms with E-state index in [-0.39, 0.29) is 5.91 Å². The predicted octanol–water partition coefficient (Wildman–Crippen LogP) is -0.391. The highest BCUT2D eigenvalue weighted by molar-refractivity contribution is 5.77. The lowest BCUT2D eigenvalue weighted by atomic mass is 10.5. The number of amides is 1. The van der Waals surface area contributed by atoms with Gasteiger partial charge in [-0.15, -0.1) is 0 Å². The average molecular weight is 196 g/mol. The molecule has 0 aliphatic carbocycles. The van der Waals surface area contributed by atoms with Crippen LogP contribution in [0.3, 0.4) is 0 Å². The molecule has 78 valence electrons. The number of rotatable bonds is 6. The van der Waals surface area contributed by atoms with Crippen LogP contribution in [0, 0.1) is 0 Å². The summed E-state index contributed by atoms with van der Waals surface area (Å²) < 4.78 is 1.92. The predicted molar refractivity (Wildman–Crippen MR) is 53.8 cm³/mol. The summed E-state index contributed by atoms with van der Waals surface area (Å²) in [4.78, 5) is 15.0. The second-order valence-electron chi connectivity index (χ2n) is 2.93. The molecule has 0 unspecified atom stereocenters. The molecule has 1 amide bonds. The lowest BCUT2D eigenvalue weighted by Crippen LogP contribution is -2.35. The van der Waals surface area contributed by atoms with E-state index in [1.807, 2.05) is 17.7 Å². The van der Waals surface area contributed by atoms with Crippen molar-refractivity contribution < 1.29 is 4.79 Å². The first-order chi connectivity index (χ1) is 6.83. The maximum Gasteiger partial charge on any atom is 0.234 e. The van der Waals surface area contributed by atoms with E-state index in [4.69, 9.17) is 0 Å². The van der Waals surface area contributed by atoms with Crippen molar-refractivity contribution in [2.45, 2.75) is 13.5 Å². The van der Waals surface area contributed by atoms with Gasteiger partial charge in [-0.2, -0.15) is 0 Å². The number of nitrogens with zero attached hydrogens (tertiary/aromatic N) is 2. The third-order valence-electron chi connectivity index (χ3n) is 1.79. The van der Waals surface area contributed by atoms with Crippen molar-refractivity contribution in [1.29, 1.82) is 0 Å². The highest BCUT2D eigenvalue weighted by atomic mass is 16.1. The molecular weight excluding hydrogens is 180 g/mol. The topological polar surface area (TPSA) is 59.0 Å². The molecule has 1 heterocycles. The van der Waals surface area contributed by atoms with Gasteiger partial charge in [0.1, 0.15) is 0 Å². The van der Waals surface area contributed by atoms with Crippen LogP contribution < -0.4 is 10.6 Å². The molecule has 0 atom stereocenters. The molecule has 0 aliphatic rings. The van der Waals surface area contributed by atoms with Crippen molar-refractivity contribution in [3.63, 3.8) is 0 Å². The van der Waals surface area contributed by atoms with Crippen LogP contribution in [0.2, 0.25) is 0 Å². The minimum absolute atomic E-state index is 0.0342. The van der Waals surface area contributed by atoms with Crippen LogP contribution >= 0.6 is 0 Å². The summed E-state index contributed by atoms with van der Waals surface area (Å²) in [6.45, 7) is 4.58. The van der Waals surface area contributed by atoms with E-state index in [2.05, 4.69) is 15.6 Å². The molecule has 0 fully saturated rings. The molecule has 1 aromatic rings. The number of hydrogen-bond donors (Lipinski definition) is 2. The molecule has 1 rings (SSSR count).